The molecule has 1 heterocycles. The predicted octanol–water partition coefficient (Wildman–Crippen LogP) is 4.69. The van der Waals surface area contributed by atoms with E-state index < -0.39 is 0 Å². The van der Waals surface area contributed by atoms with Crippen molar-refractivity contribution in [3.63, 3.8) is 0 Å². The fourth-order valence-electron chi connectivity index (χ4n) is 2.37. The summed E-state index contributed by atoms with van der Waals surface area (Å²) in [6.45, 7) is 4.11. The molecule has 1 aliphatic heterocycles. The molecule has 0 aliphatic carbocycles. The number of unbranched alkanes of at least 4 members (excludes halogenated alkanes) is 4. The molecular weight excluding hydrogens is 240 g/mol. The molecule has 1 aromatic carbocycles. The van der Waals surface area contributed by atoms with Crippen molar-refractivity contribution < 1.29 is 4.74 Å². The lowest BCUT2D eigenvalue weighted by Crippen LogP contribution is -2.11. The molecule has 1 aliphatic rings. The van der Waals surface area contributed by atoms with E-state index in [1.807, 2.05) is 11.8 Å². The van der Waals surface area contributed by atoms with E-state index in [-0.39, 0.29) is 0 Å². The summed E-state index contributed by atoms with van der Waals surface area (Å²) in [7, 11) is 0. The van der Waals surface area contributed by atoms with E-state index in [9.17, 15) is 0 Å². The SMILES string of the molecule is CCCCCCCOCC1Cc2ccccc2S1. The van der Waals surface area contributed by atoms with Gasteiger partial charge in [-0.25, -0.2) is 0 Å². The Hall–Kier alpha value is -0.470. The molecular formula is C16H24OS. The van der Waals surface area contributed by atoms with Gasteiger partial charge in [-0.2, -0.15) is 0 Å². The Morgan fingerprint density at radius 1 is 1.17 bits per heavy atom. The maximum Gasteiger partial charge on any atom is 0.0591 e. The van der Waals surface area contributed by atoms with Crippen LogP contribution in [-0.4, -0.2) is 18.5 Å². The van der Waals surface area contributed by atoms with Crippen LogP contribution in [-0.2, 0) is 11.2 Å². The van der Waals surface area contributed by atoms with Crippen molar-refractivity contribution in [1.82, 2.24) is 0 Å². The molecule has 100 valence electrons. The summed E-state index contributed by atoms with van der Waals surface area (Å²) >= 11 is 1.98. The Labute approximate surface area is 115 Å². The Morgan fingerprint density at radius 2 is 2.00 bits per heavy atom. The first-order valence-electron chi connectivity index (χ1n) is 7.22. The average molecular weight is 264 g/mol. The molecule has 0 saturated heterocycles. The lowest BCUT2D eigenvalue weighted by atomic mass is 10.1. The average Bonchev–Trinajstić information content (AvgIpc) is 2.80. The molecule has 18 heavy (non-hydrogen) atoms. The van der Waals surface area contributed by atoms with Crippen LogP contribution in [0, 0.1) is 0 Å². The van der Waals surface area contributed by atoms with Crippen LogP contribution in [0.5, 0.6) is 0 Å². The molecule has 0 radical (unpaired) electrons. The Morgan fingerprint density at radius 3 is 2.83 bits per heavy atom. The highest BCUT2D eigenvalue weighted by atomic mass is 32.2. The van der Waals surface area contributed by atoms with Gasteiger partial charge in [0.25, 0.3) is 0 Å². The summed E-state index contributed by atoms with van der Waals surface area (Å²) in [5.74, 6) is 0. The highest BCUT2D eigenvalue weighted by Crippen LogP contribution is 2.36. The molecule has 0 saturated carbocycles. The first-order valence-corrected chi connectivity index (χ1v) is 8.10. The van der Waals surface area contributed by atoms with Gasteiger partial charge < -0.3 is 4.74 Å². The number of ether oxygens (including phenoxy) is 1. The van der Waals surface area contributed by atoms with Crippen LogP contribution >= 0.6 is 11.8 Å². The van der Waals surface area contributed by atoms with Crippen LogP contribution in [0.15, 0.2) is 29.2 Å². The largest absolute Gasteiger partial charge is 0.380 e. The zero-order valence-electron chi connectivity index (χ0n) is 11.4. The molecule has 1 unspecified atom stereocenters. The predicted molar refractivity (Wildman–Crippen MR) is 79.4 cm³/mol. The molecule has 0 amide bonds. The van der Waals surface area contributed by atoms with Gasteiger partial charge in [0.1, 0.15) is 0 Å². The molecule has 0 N–H and O–H groups in total. The maximum atomic E-state index is 5.81. The molecule has 2 rings (SSSR count). The summed E-state index contributed by atoms with van der Waals surface area (Å²) in [4.78, 5) is 1.45. The van der Waals surface area contributed by atoms with Crippen molar-refractivity contribution in [1.29, 1.82) is 0 Å². The van der Waals surface area contributed by atoms with E-state index in [4.69, 9.17) is 4.74 Å². The van der Waals surface area contributed by atoms with Crippen LogP contribution in [0.25, 0.3) is 0 Å². The van der Waals surface area contributed by atoms with Gasteiger partial charge in [0.05, 0.1) is 6.61 Å². The molecule has 1 atom stereocenters. The van der Waals surface area contributed by atoms with Crippen LogP contribution in [0.1, 0.15) is 44.6 Å². The number of thioether (sulfide) groups is 1. The number of benzene rings is 1. The molecule has 0 fully saturated rings. The minimum absolute atomic E-state index is 0.637. The summed E-state index contributed by atoms with van der Waals surface area (Å²) in [5.41, 5.74) is 1.50. The molecule has 1 aromatic rings. The Kier molecular flexibility index (Phi) is 6.09. The number of hydrogen-bond donors (Lipinski definition) is 0. The lowest BCUT2D eigenvalue weighted by Gasteiger charge is -2.09. The van der Waals surface area contributed by atoms with Gasteiger partial charge in [0.15, 0.2) is 0 Å². The van der Waals surface area contributed by atoms with Gasteiger partial charge in [-0.05, 0) is 24.5 Å². The second-order valence-corrected chi connectivity index (χ2v) is 6.38. The number of fused-ring (bicyclic) bond motifs is 1. The normalized spacial score (nSPS) is 17.9. The minimum Gasteiger partial charge on any atom is -0.380 e. The van der Waals surface area contributed by atoms with Crippen molar-refractivity contribution in [3.8, 4) is 0 Å². The van der Waals surface area contributed by atoms with Crippen molar-refractivity contribution >= 4 is 11.8 Å². The van der Waals surface area contributed by atoms with E-state index in [0.717, 1.165) is 13.2 Å². The van der Waals surface area contributed by atoms with E-state index in [0.29, 0.717) is 5.25 Å². The maximum absolute atomic E-state index is 5.81. The van der Waals surface area contributed by atoms with Crippen LogP contribution in [0.2, 0.25) is 0 Å². The third kappa shape index (κ3) is 4.33. The quantitative estimate of drug-likeness (QED) is 0.630. The number of hydrogen-bond acceptors (Lipinski definition) is 2. The van der Waals surface area contributed by atoms with Crippen molar-refractivity contribution in [2.75, 3.05) is 13.2 Å². The molecule has 1 nitrogen and oxygen atoms in total. The first kappa shape index (κ1) is 14.0. The van der Waals surface area contributed by atoms with Gasteiger partial charge in [-0.1, -0.05) is 50.8 Å². The molecule has 0 bridgehead atoms. The molecule has 0 aromatic heterocycles. The smallest absolute Gasteiger partial charge is 0.0591 e. The fourth-order valence-corrected chi connectivity index (χ4v) is 3.62. The van der Waals surface area contributed by atoms with Crippen LogP contribution in [0.4, 0.5) is 0 Å². The summed E-state index contributed by atoms with van der Waals surface area (Å²) in [5, 5.41) is 0.637. The van der Waals surface area contributed by atoms with Crippen LogP contribution < -0.4 is 0 Å². The van der Waals surface area contributed by atoms with Crippen molar-refractivity contribution in [2.24, 2.45) is 0 Å². The number of rotatable bonds is 8. The van der Waals surface area contributed by atoms with Crippen molar-refractivity contribution in [3.05, 3.63) is 29.8 Å². The fraction of sp³-hybridized carbons (Fsp3) is 0.625. The summed E-state index contributed by atoms with van der Waals surface area (Å²) < 4.78 is 5.81. The van der Waals surface area contributed by atoms with E-state index in [1.165, 1.54) is 49.0 Å². The Balaban J connectivity index is 1.54. The third-order valence-corrected chi connectivity index (χ3v) is 4.70. The Bertz CT molecular complexity index is 326. The summed E-state index contributed by atoms with van der Waals surface area (Å²) in [6.07, 6.45) is 7.78. The second-order valence-electron chi connectivity index (χ2n) is 5.04. The zero-order valence-corrected chi connectivity index (χ0v) is 12.2. The first-order chi connectivity index (χ1) is 8.90. The topological polar surface area (TPSA) is 9.23 Å². The highest BCUT2D eigenvalue weighted by molar-refractivity contribution is 8.00. The van der Waals surface area contributed by atoms with Gasteiger partial charge in [0.2, 0.25) is 0 Å². The molecule has 2 heteroatoms. The van der Waals surface area contributed by atoms with E-state index in [2.05, 4.69) is 31.2 Å². The second kappa shape index (κ2) is 7.85. The van der Waals surface area contributed by atoms with E-state index >= 15 is 0 Å². The lowest BCUT2D eigenvalue weighted by molar-refractivity contribution is 0.131. The summed E-state index contributed by atoms with van der Waals surface area (Å²) in [6, 6.07) is 8.73. The van der Waals surface area contributed by atoms with Gasteiger partial charge >= 0.3 is 0 Å². The van der Waals surface area contributed by atoms with Gasteiger partial charge in [-0.3, -0.25) is 0 Å². The third-order valence-electron chi connectivity index (χ3n) is 3.41. The highest BCUT2D eigenvalue weighted by Gasteiger charge is 2.21. The molecule has 0 spiro atoms. The van der Waals surface area contributed by atoms with Crippen molar-refractivity contribution in [2.45, 2.75) is 55.6 Å². The van der Waals surface area contributed by atoms with Gasteiger partial charge in [-0.15, -0.1) is 11.8 Å². The zero-order chi connectivity index (χ0) is 12.6. The van der Waals surface area contributed by atoms with E-state index in [1.54, 1.807) is 0 Å². The van der Waals surface area contributed by atoms with Crippen LogP contribution in [0.3, 0.4) is 0 Å². The van der Waals surface area contributed by atoms with Gasteiger partial charge in [0, 0.05) is 16.8 Å². The monoisotopic (exact) mass is 264 g/mol. The minimum atomic E-state index is 0.637. The standard InChI is InChI=1S/C16H24OS/c1-2-3-4-5-8-11-17-13-15-12-14-9-6-7-10-16(14)18-15/h6-7,9-10,15H,2-5,8,11-13H2,1H3.